The molecule has 0 aliphatic carbocycles. The minimum Gasteiger partial charge on any atom is -0.291 e. The van der Waals surface area contributed by atoms with E-state index in [2.05, 4.69) is 16.3 Å². The first-order valence-corrected chi connectivity index (χ1v) is 7.58. The van der Waals surface area contributed by atoms with Crippen LogP contribution in [0.25, 0.3) is 0 Å². The van der Waals surface area contributed by atoms with Gasteiger partial charge in [0, 0.05) is 28.5 Å². The highest BCUT2D eigenvalue weighted by atomic mass is 32.1. The molecule has 1 aliphatic heterocycles. The minimum atomic E-state index is -0.641. The van der Waals surface area contributed by atoms with Crippen LogP contribution in [0.4, 0.5) is 0 Å². The molecule has 0 saturated carbocycles. The second-order valence-corrected chi connectivity index (χ2v) is 6.07. The maximum absolute atomic E-state index is 11.4. The van der Waals surface area contributed by atoms with E-state index in [0.717, 1.165) is 25.1 Å². The summed E-state index contributed by atoms with van der Waals surface area (Å²) in [6.07, 6.45) is 0.998. The lowest BCUT2D eigenvalue weighted by molar-refractivity contribution is -0.529. The Bertz CT molecular complexity index is 597. The average Bonchev–Trinajstić information content (AvgIpc) is 2.93. The second kappa shape index (κ2) is 5.73. The molecule has 0 N–H and O–H groups in total. The van der Waals surface area contributed by atoms with Crippen molar-refractivity contribution in [2.45, 2.75) is 19.0 Å². The lowest BCUT2D eigenvalue weighted by Gasteiger charge is -2.27. The van der Waals surface area contributed by atoms with Gasteiger partial charge in [-0.2, -0.15) is 0 Å². The van der Waals surface area contributed by atoms with Gasteiger partial charge >= 0.3 is 0 Å². The van der Waals surface area contributed by atoms with Crippen LogP contribution >= 0.6 is 11.3 Å². The third-order valence-electron chi connectivity index (χ3n) is 3.77. The van der Waals surface area contributed by atoms with Crippen molar-refractivity contribution in [3.8, 4) is 0 Å². The van der Waals surface area contributed by atoms with Gasteiger partial charge in [-0.25, -0.2) is 0 Å². The van der Waals surface area contributed by atoms with Crippen LogP contribution in [0.1, 0.15) is 22.0 Å². The number of hydrogen-bond donors (Lipinski definition) is 0. The number of fused-ring (bicyclic) bond motifs is 1. The Morgan fingerprint density at radius 2 is 2.10 bits per heavy atom. The van der Waals surface area contributed by atoms with E-state index in [1.165, 1.54) is 10.4 Å². The predicted octanol–water partition coefficient (Wildman–Crippen LogP) is 3.12. The van der Waals surface area contributed by atoms with E-state index in [-0.39, 0.29) is 4.92 Å². The Morgan fingerprint density at radius 1 is 1.30 bits per heavy atom. The molecule has 0 amide bonds. The number of benzene rings is 1. The first kappa shape index (κ1) is 13.3. The zero-order chi connectivity index (χ0) is 13.9. The molecule has 0 saturated heterocycles. The molecule has 0 spiro atoms. The van der Waals surface area contributed by atoms with Gasteiger partial charge in [-0.05, 0) is 23.4 Å². The highest BCUT2D eigenvalue weighted by molar-refractivity contribution is 7.10. The van der Waals surface area contributed by atoms with Gasteiger partial charge in [0.2, 0.25) is 0 Å². The molecular formula is C15H16N2O2S. The van der Waals surface area contributed by atoms with E-state index in [0.29, 0.717) is 6.54 Å². The summed E-state index contributed by atoms with van der Waals surface area (Å²) in [6.45, 7) is 2.22. The summed E-state index contributed by atoms with van der Waals surface area (Å²) in [5, 5.41) is 13.5. The first-order valence-electron chi connectivity index (χ1n) is 6.70. The van der Waals surface area contributed by atoms with Crippen molar-refractivity contribution in [1.82, 2.24) is 4.90 Å². The molecule has 4 nitrogen and oxygen atoms in total. The van der Waals surface area contributed by atoms with Gasteiger partial charge in [-0.1, -0.05) is 30.3 Å². The molecule has 1 aliphatic rings. The van der Waals surface area contributed by atoms with Gasteiger partial charge in [0.15, 0.2) is 0 Å². The Balaban J connectivity index is 1.74. The van der Waals surface area contributed by atoms with Gasteiger partial charge in [0.25, 0.3) is 6.04 Å². The number of nitrogens with zero attached hydrogens (tertiary/aromatic N) is 2. The van der Waals surface area contributed by atoms with Crippen molar-refractivity contribution in [3.05, 3.63) is 67.9 Å². The summed E-state index contributed by atoms with van der Waals surface area (Å²) >= 11 is 1.75. The van der Waals surface area contributed by atoms with Crippen LogP contribution in [0.15, 0.2) is 41.8 Å². The van der Waals surface area contributed by atoms with Gasteiger partial charge < -0.3 is 0 Å². The normalized spacial score (nSPS) is 16.6. The monoisotopic (exact) mass is 288 g/mol. The van der Waals surface area contributed by atoms with Gasteiger partial charge in [-0.3, -0.25) is 15.0 Å². The smallest absolute Gasteiger partial charge is 0.250 e. The van der Waals surface area contributed by atoms with Crippen molar-refractivity contribution in [2.24, 2.45) is 0 Å². The molecule has 20 heavy (non-hydrogen) atoms. The zero-order valence-corrected chi connectivity index (χ0v) is 11.9. The Labute approximate surface area is 121 Å². The zero-order valence-electron chi connectivity index (χ0n) is 11.1. The van der Waals surface area contributed by atoms with Crippen molar-refractivity contribution < 1.29 is 4.92 Å². The topological polar surface area (TPSA) is 46.4 Å². The SMILES string of the molecule is O=[N+]([O-])C(CN1CCc2ccsc2C1)c1ccccc1. The number of rotatable bonds is 4. The standard InChI is InChI=1S/C15H16N2O2S/c18-17(19)14(12-4-2-1-3-5-12)10-16-8-6-13-7-9-20-15(13)11-16/h1-5,7,9,14H,6,8,10-11H2. The van der Waals surface area contributed by atoms with Gasteiger partial charge in [0.1, 0.15) is 0 Å². The Kier molecular flexibility index (Phi) is 3.80. The van der Waals surface area contributed by atoms with Gasteiger partial charge in [-0.15, -0.1) is 11.3 Å². The largest absolute Gasteiger partial charge is 0.291 e. The van der Waals surface area contributed by atoms with E-state index >= 15 is 0 Å². The van der Waals surface area contributed by atoms with Crippen molar-refractivity contribution in [2.75, 3.05) is 13.1 Å². The first-order chi connectivity index (χ1) is 9.74. The van der Waals surface area contributed by atoms with Crippen LogP contribution in [0.3, 0.4) is 0 Å². The Morgan fingerprint density at radius 3 is 2.85 bits per heavy atom. The molecule has 0 fully saturated rings. The molecule has 1 aromatic carbocycles. The number of thiophene rings is 1. The molecule has 3 rings (SSSR count). The molecule has 2 heterocycles. The molecular weight excluding hydrogens is 272 g/mol. The molecule has 104 valence electrons. The fraction of sp³-hybridized carbons (Fsp3) is 0.333. The maximum atomic E-state index is 11.4. The summed E-state index contributed by atoms with van der Waals surface area (Å²) in [5.41, 5.74) is 2.19. The van der Waals surface area contributed by atoms with Gasteiger partial charge in [0.05, 0.1) is 6.54 Å². The highest BCUT2D eigenvalue weighted by Crippen LogP contribution is 2.26. The molecule has 1 aromatic heterocycles. The van der Waals surface area contributed by atoms with E-state index in [4.69, 9.17) is 0 Å². The van der Waals surface area contributed by atoms with Crippen LogP contribution in [-0.2, 0) is 13.0 Å². The van der Waals surface area contributed by atoms with E-state index in [9.17, 15) is 10.1 Å². The number of nitro groups is 1. The quantitative estimate of drug-likeness (QED) is 0.641. The molecule has 0 radical (unpaired) electrons. The lowest BCUT2D eigenvalue weighted by atomic mass is 10.0. The Hall–Kier alpha value is -1.72. The highest BCUT2D eigenvalue weighted by Gasteiger charge is 2.27. The summed E-state index contributed by atoms with van der Waals surface area (Å²) < 4.78 is 0. The third kappa shape index (κ3) is 2.73. The van der Waals surface area contributed by atoms with Crippen LogP contribution in [-0.4, -0.2) is 22.9 Å². The lowest BCUT2D eigenvalue weighted by Crippen LogP contribution is -2.35. The maximum Gasteiger partial charge on any atom is 0.250 e. The fourth-order valence-corrected chi connectivity index (χ4v) is 3.63. The molecule has 1 atom stereocenters. The number of hydrogen-bond acceptors (Lipinski definition) is 4. The van der Waals surface area contributed by atoms with Crippen LogP contribution in [0, 0.1) is 10.1 Å². The molecule has 1 unspecified atom stereocenters. The molecule has 0 bridgehead atoms. The fourth-order valence-electron chi connectivity index (χ4n) is 2.66. The van der Waals surface area contributed by atoms with Crippen LogP contribution in [0.5, 0.6) is 0 Å². The van der Waals surface area contributed by atoms with E-state index in [1.54, 1.807) is 11.3 Å². The van der Waals surface area contributed by atoms with Crippen LogP contribution < -0.4 is 0 Å². The summed E-state index contributed by atoms with van der Waals surface area (Å²) in [4.78, 5) is 14.7. The average molecular weight is 288 g/mol. The molecule has 2 aromatic rings. The predicted molar refractivity (Wildman–Crippen MR) is 79.5 cm³/mol. The third-order valence-corrected chi connectivity index (χ3v) is 4.72. The van der Waals surface area contributed by atoms with E-state index in [1.807, 2.05) is 30.3 Å². The minimum absolute atomic E-state index is 0.167. The van der Waals surface area contributed by atoms with Crippen molar-refractivity contribution in [1.29, 1.82) is 0 Å². The summed E-state index contributed by atoms with van der Waals surface area (Å²) in [7, 11) is 0. The van der Waals surface area contributed by atoms with Crippen molar-refractivity contribution in [3.63, 3.8) is 0 Å². The van der Waals surface area contributed by atoms with Crippen LogP contribution in [0.2, 0.25) is 0 Å². The summed E-state index contributed by atoms with van der Waals surface area (Å²) in [5.74, 6) is 0. The van der Waals surface area contributed by atoms with Crippen molar-refractivity contribution >= 4 is 11.3 Å². The second-order valence-electron chi connectivity index (χ2n) is 5.07. The summed E-state index contributed by atoms with van der Waals surface area (Å²) in [6, 6.07) is 10.8. The van der Waals surface area contributed by atoms with E-state index < -0.39 is 6.04 Å². The molecule has 5 heteroatoms.